The SMILES string of the molecule is CC[C@@H](CS(=O)(=O)c1ccccc1)Nc1ccc(C#N)cn1. The van der Waals surface area contributed by atoms with E-state index in [2.05, 4.69) is 10.3 Å². The highest BCUT2D eigenvalue weighted by molar-refractivity contribution is 7.91. The van der Waals surface area contributed by atoms with Crippen molar-refractivity contribution in [1.29, 1.82) is 5.26 Å². The molecule has 0 aliphatic carbocycles. The van der Waals surface area contributed by atoms with Gasteiger partial charge in [0, 0.05) is 12.2 Å². The van der Waals surface area contributed by atoms with Gasteiger partial charge in [-0.3, -0.25) is 0 Å². The predicted octanol–water partition coefficient (Wildman–Crippen LogP) is 2.62. The van der Waals surface area contributed by atoms with Crippen molar-refractivity contribution in [3.8, 4) is 6.07 Å². The summed E-state index contributed by atoms with van der Waals surface area (Å²) >= 11 is 0. The molecule has 2 rings (SSSR count). The smallest absolute Gasteiger partial charge is 0.180 e. The Balaban J connectivity index is 2.10. The van der Waals surface area contributed by atoms with Gasteiger partial charge in [0.2, 0.25) is 0 Å². The number of pyridine rings is 1. The van der Waals surface area contributed by atoms with Crippen LogP contribution in [0.4, 0.5) is 5.82 Å². The van der Waals surface area contributed by atoms with Crippen LogP contribution in [0.5, 0.6) is 0 Å². The van der Waals surface area contributed by atoms with Crippen LogP contribution in [0.2, 0.25) is 0 Å². The molecule has 0 unspecified atom stereocenters. The molecule has 1 N–H and O–H groups in total. The van der Waals surface area contributed by atoms with E-state index in [4.69, 9.17) is 5.26 Å². The summed E-state index contributed by atoms with van der Waals surface area (Å²) in [6, 6.07) is 13.5. The third-order valence-electron chi connectivity index (χ3n) is 3.26. The Morgan fingerprint density at radius 1 is 1.23 bits per heavy atom. The van der Waals surface area contributed by atoms with E-state index in [1.807, 2.05) is 13.0 Å². The van der Waals surface area contributed by atoms with Gasteiger partial charge in [0.1, 0.15) is 11.9 Å². The lowest BCUT2D eigenvalue weighted by atomic mass is 10.2. The number of nitrogens with one attached hydrogen (secondary N) is 1. The van der Waals surface area contributed by atoms with Crippen molar-refractivity contribution in [2.75, 3.05) is 11.1 Å². The molecular weight excluding hydrogens is 298 g/mol. The van der Waals surface area contributed by atoms with Gasteiger partial charge in [0.15, 0.2) is 9.84 Å². The van der Waals surface area contributed by atoms with Gasteiger partial charge >= 0.3 is 0 Å². The maximum Gasteiger partial charge on any atom is 0.180 e. The molecule has 1 heterocycles. The van der Waals surface area contributed by atoms with Gasteiger partial charge in [0.25, 0.3) is 0 Å². The minimum atomic E-state index is -3.35. The molecule has 0 radical (unpaired) electrons. The second-order valence-electron chi connectivity index (χ2n) is 4.89. The number of anilines is 1. The largest absolute Gasteiger partial charge is 0.366 e. The number of benzene rings is 1. The van der Waals surface area contributed by atoms with E-state index in [1.54, 1.807) is 42.5 Å². The fourth-order valence-corrected chi connectivity index (χ4v) is 3.62. The van der Waals surface area contributed by atoms with Crippen molar-refractivity contribution in [3.05, 3.63) is 54.2 Å². The van der Waals surface area contributed by atoms with Crippen molar-refractivity contribution in [2.45, 2.75) is 24.3 Å². The second-order valence-corrected chi connectivity index (χ2v) is 6.92. The maximum absolute atomic E-state index is 12.4. The summed E-state index contributed by atoms with van der Waals surface area (Å²) in [5, 5.41) is 11.9. The molecule has 0 aliphatic heterocycles. The monoisotopic (exact) mass is 315 g/mol. The van der Waals surface area contributed by atoms with E-state index in [9.17, 15) is 8.42 Å². The van der Waals surface area contributed by atoms with Gasteiger partial charge in [0.05, 0.1) is 16.2 Å². The van der Waals surface area contributed by atoms with Gasteiger partial charge < -0.3 is 5.32 Å². The molecule has 0 bridgehead atoms. The summed E-state index contributed by atoms with van der Waals surface area (Å²) in [5.74, 6) is 0.559. The highest BCUT2D eigenvalue weighted by Gasteiger charge is 2.20. The first-order valence-electron chi connectivity index (χ1n) is 6.95. The van der Waals surface area contributed by atoms with Crippen molar-refractivity contribution < 1.29 is 8.42 Å². The average molecular weight is 315 g/mol. The van der Waals surface area contributed by atoms with Crippen molar-refractivity contribution in [2.24, 2.45) is 0 Å². The molecule has 0 amide bonds. The van der Waals surface area contributed by atoms with Crippen LogP contribution in [0.15, 0.2) is 53.6 Å². The molecule has 0 saturated carbocycles. The Bertz CT molecular complexity index is 750. The number of hydrogen-bond donors (Lipinski definition) is 1. The third kappa shape index (κ3) is 4.06. The number of hydrogen-bond acceptors (Lipinski definition) is 5. The quantitative estimate of drug-likeness (QED) is 0.886. The molecule has 1 atom stereocenters. The predicted molar refractivity (Wildman–Crippen MR) is 85.1 cm³/mol. The summed E-state index contributed by atoms with van der Waals surface area (Å²) < 4.78 is 24.8. The molecule has 1 aromatic heterocycles. The zero-order valence-corrected chi connectivity index (χ0v) is 13.0. The summed E-state index contributed by atoms with van der Waals surface area (Å²) in [4.78, 5) is 4.43. The van der Waals surface area contributed by atoms with E-state index in [1.165, 1.54) is 6.20 Å². The first-order valence-corrected chi connectivity index (χ1v) is 8.61. The Hall–Kier alpha value is -2.39. The minimum absolute atomic E-state index is 0.00477. The molecule has 114 valence electrons. The number of aromatic nitrogens is 1. The summed E-state index contributed by atoms with van der Waals surface area (Å²) in [6.07, 6.45) is 2.11. The van der Waals surface area contributed by atoms with Crippen molar-refractivity contribution >= 4 is 15.7 Å². The van der Waals surface area contributed by atoms with Crippen LogP contribution in [-0.2, 0) is 9.84 Å². The third-order valence-corrected chi connectivity index (χ3v) is 5.09. The van der Waals surface area contributed by atoms with Crippen LogP contribution >= 0.6 is 0 Å². The molecule has 2 aromatic rings. The highest BCUT2D eigenvalue weighted by Crippen LogP contribution is 2.15. The number of rotatable bonds is 6. The van der Waals surface area contributed by atoms with E-state index in [0.717, 1.165) is 0 Å². The lowest BCUT2D eigenvalue weighted by molar-refractivity contribution is 0.588. The minimum Gasteiger partial charge on any atom is -0.366 e. The van der Waals surface area contributed by atoms with E-state index in [0.29, 0.717) is 22.7 Å². The summed E-state index contributed by atoms with van der Waals surface area (Å²) in [6.45, 7) is 1.92. The zero-order chi connectivity index (χ0) is 16.0. The molecular formula is C16H17N3O2S. The van der Waals surface area contributed by atoms with E-state index in [-0.39, 0.29) is 11.8 Å². The second kappa shape index (κ2) is 7.05. The van der Waals surface area contributed by atoms with Crippen molar-refractivity contribution in [3.63, 3.8) is 0 Å². The Kier molecular flexibility index (Phi) is 5.12. The van der Waals surface area contributed by atoms with E-state index >= 15 is 0 Å². The average Bonchev–Trinajstić information content (AvgIpc) is 2.55. The van der Waals surface area contributed by atoms with Crippen LogP contribution in [0.1, 0.15) is 18.9 Å². The fraction of sp³-hybridized carbons (Fsp3) is 0.250. The van der Waals surface area contributed by atoms with Crippen LogP contribution in [0.25, 0.3) is 0 Å². The first kappa shape index (κ1) is 16.0. The molecule has 0 saturated heterocycles. The van der Waals surface area contributed by atoms with E-state index < -0.39 is 9.84 Å². The fourth-order valence-electron chi connectivity index (χ4n) is 2.01. The molecule has 0 spiro atoms. The van der Waals surface area contributed by atoms with Crippen LogP contribution in [-0.4, -0.2) is 25.2 Å². The summed E-state index contributed by atoms with van der Waals surface area (Å²) in [7, 11) is -3.35. The van der Waals surface area contributed by atoms with Crippen LogP contribution in [0, 0.1) is 11.3 Å². The molecule has 6 heteroatoms. The lowest BCUT2D eigenvalue weighted by Crippen LogP contribution is -2.28. The molecule has 0 fully saturated rings. The lowest BCUT2D eigenvalue weighted by Gasteiger charge is -2.17. The van der Waals surface area contributed by atoms with Crippen LogP contribution in [0.3, 0.4) is 0 Å². The number of nitriles is 1. The highest BCUT2D eigenvalue weighted by atomic mass is 32.2. The summed E-state index contributed by atoms with van der Waals surface area (Å²) in [5.41, 5.74) is 0.468. The van der Waals surface area contributed by atoms with Crippen molar-refractivity contribution in [1.82, 2.24) is 4.98 Å². The maximum atomic E-state index is 12.4. The normalized spacial score (nSPS) is 12.4. The Morgan fingerprint density at radius 2 is 1.95 bits per heavy atom. The molecule has 5 nitrogen and oxygen atoms in total. The standard InChI is InChI=1S/C16H17N3O2S/c1-2-14(19-16-9-8-13(10-17)11-18-16)12-22(20,21)15-6-4-3-5-7-15/h3-9,11,14H,2,12H2,1H3,(H,18,19)/t14-/m0/s1. The Labute approximate surface area is 130 Å². The van der Waals surface area contributed by atoms with Crippen LogP contribution < -0.4 is 5.32 Å². The molecule has 22 heavy (non-hydrogen) atoms. The van der Waals surface area contributed by atoms with Gasteiger partial charge in [-0.2, -0.15) is 5.26 Å². The zero-order valence-electron chi connectivity index (χ0n) is 12.2. The van der Waals surface area contributed by atoms with Gasteiger partial charge in [-0.15, -0.1) is 0 Å². The first-order chi connectivity index (χ1) is 10.5. The molecule has 0 aliphatic rings. The number of sulfone groups is 1. The van der Waals surface area contributed by atoms with Gasteiger partial charge in [-0.05, 0) is 30.7 Å². The van der Waals surface area contributed by atoms with Gasteiger partial charge in [-0.25, -0.2) is 13.4 Å². The Morgan fingerprint density at radius 3 is 2.50 bits per heavy atom. The topological polar surface area (TPSA) is 82.9 Å². The number of nitrogens with zero attached hydrogens (tertiary/aromatic N) is 2. The molecule has 1 aromatic carbocycles. The van der Waals surface area contributed by atoms with Gasteiger partial charge in [-0.1, -0.05) is 25.1 Å².